The van der Waals surface area contributed by atoms with Crippen molar-refractivity contribution in [1.29, 1.82) is 0 Å². The number of carboxylic acid groups (broad SMARTS) is 1. The van der Waals surface area contributed by atoms with E-state index in [1.54, 1.807) is 11.9 Å². The SMILES string of the molecule is CN(CC(=O)O)CC(C)(C)CN. The number of nitrogens with zero attached hydrogens (tertiary/aromatic N) is 1. The van der Waals surface area contributed by atoms with Crippen LogP contribution in [0, 0.1) is 5.41 Å². The van der Waals surface area contributed by atoms with Crippen molar-refractivity contribution in [3.8, 4) is 0 Å². The first-order valence-corrected chi connectivity index (χ1v) is 3.98. The second-order valence-electron chi connectivity index (χ2n) is 3.93. The molecule has 72 valence electrons. The minimum atomic E-state index is -0.801. The summed E-state index contributed by atoms with van der Waals surface area (Å²) < 4.78 is 0. The largest absolute Gasteiger partial charge is 0.480 e. The van der Waals surface area contributed by atoms with Crippen LogP contribution in [0.3, 0.4) is 0 Å². The van der Waals surface area contributed by atoms with E-state index in [1.165, 1.54) is 0 Å². The first-order chi connectivity index (χ1) is 5.37. The summed E-state index contributed by atoms with van der Waals surface area (Å²) in [6.45, 7) is 5.38. The predicted octanol–water partition coefficient (Wildman–Crippen LogP) is -0.0123. The van der Waals surface area contributed by atoms with E-state index in [0.717, 1.165) is 0 Å². The quantitative estimate of drug-likeness (QED) is 0.615. The Morgan fingerprint density at radius 2 is 2.08 bits per heavy atom. The van der Waals surface area contributed by atoms with E-state index in [2.05, 4.69) is 0 Å². The van der Waals surface area contributed by atoms with Gasteiger partial charge in [-0.15, -0.1) is 0 Å². The van der Waals surface area contributed by atoms with Gasteiger partial charge in [0.05, 0.1) is 6.54 Å². The standard InChI is InChI=1S/C8H18N2O2/c1-8(2,5-9)6-10(3)4-7(11)12/h4-6,9H2,1-3H3,(H,11,12). The van der Waals surface area contributed by atoms with Gasteiger partial charge in [0.2, 0.25) is 0 Å². The van der Waals surface area contributed by atoms with Crippen molar-refractivity contribution in [2.45, 2.75) is 13.8 Å². The van der Waals surface area contributed by atoms with Gasteiger partial charge in [0, 0.05) is 6.54 Å². The van der Waals surface area contributed by atoms with Gasteiger partial charge in [-0.25, -0.2) is 0 Å². The maximum absolute atomic E-state index is 10.3. The highest BCUT2D eigenvalue weighted by Gasteiger charge is 2.18. The van der Waals surface area contributed by atoms with E-state index in [0.29, 0.717) is 13.1 Å². The van der Waals surface area contributed by atoms with Gasteiger partial charge in [-0.05, 0) is 19.0 Å². The summed E-state index contributed by atoms with van der Waals surface area (Å²) in [5.41, 5.74) is 5.50. The molecule has 0 saturated heterocycles. The monoisotopic (exact) mass is 174 g/mol. The number of nitrogens with two attached hydrogens (primary N) is 1. The molecule has 0 radical (unpaired) electrons. The molecule has 0 spiro atoms. The van der Waals surface area contributed by atoms with Gasteiger partial charge in [0.15, 0.2) is 0 Å². The van der Waals surface area contributed by atoms with Crippen molar-refractivity contribution in [2.75, 3.05) is 26.7 Å². The number of hydrogen-bond acceptors (Lipinski definition) is 3. The zero-order chi connectivity index (χ0) is 9.78. The Labute approximate surface area is 73.3 Å². The van der Waals surface area contributed by atoms with E-state index in [4.69, 9.17) is 10.8 Å². The molecule has 0 atom stereocenters. The fourth-order valence-corrected chi connectivity index (χ4v) is 1.08. The van der Waals surface area contributed by atoms with Gasteiger partial charge in [0.1, 0.15) is 0 Å². The van der Waals surface area contributed by atoms with Crippen LogP contribution in [0.4, 0.5) is 0 Å². The van der Waals surface area contributed by atoms with Crippen molar-refractivity contribution in [1.82, 2.24) is 4.90 Å². The van der Waals surface area contributed by atoms with E-state index in [9.17, 15) is 4.79 Å². The molecule has 3 N–H and O–H groups in total. The molecule has 0 aromatic heterocycles. The Kier molecular flexibility index (Phi) is 4.20. The number of carboxylic acids is 1. The minimum Gasteiger partial charge on any atom is -0.480 e. The number of carbonyl (C=O) groups is 1. The highest BCUT2D eigenvalue weighted by molar-refractivity contribution is 5.69. The lowest BCUT2D eigenvalue weighted by Crippen LogP contribution is -2.38. The lowest BCUT2D eigenvalue weighted by molar-refractivity contribution is -0.138. The average Bonchev–Trinajstić information content (AvgIpc) is 1.84. The van der Waals surface area contributed by atoms with E-state index in [-0.39, 0.29) is 12.0 Å². The molecular weight excluding hydrogens is 156 g/mol. The fraction of sp³-hybridized carbons (Fsp3) is 0.875. The van der Waals surface area contributed by atoms with Crippen LogP contribution in [0.25, 0.3) is 0 Å². The molecular formula is C8H18N2O2. The molecule has 0 aliphatic carbocycles. The summed E-state index contributed by atoms with van der Waals surface area (Å²) in [5.74, 6) is -0.801. The second kappa shape index (κ2) is 4.42. The summed E-state index contributed by atoms with van der Waals surface area (Å²) in [6.07, 6.45) is 0. The third kappa shape index (κ3) is 5.09. The lowest BCUT2D eigenvalue weighted by atomic mass is 9.93. The highest BCUT2D eigenvalue weighted by Crippen LogP contribution is 2.13. The number of hydrogen-bond donors (Lipinski definition) is 2. The van der Waals surface area contributed by atoms with Crippen molar-refractivity contribution in [3.63, 3.8) is 0 Å². The molecule has 0 unspecified atom stereocenters. The summed E-state index contributed by atoms with van der Waals surface area (Å²) in [6, 6.07) is 0. The van der Waals surface area contributed by atoms with Gasteiger partial charge in [-0.3, -0.25) is 9.69 Å². The highest BCUT2D eigenvalue weighted by atomic mass is 16.4. The molecule has 0 aromatic carbocycles. The van der Waals surface area contributed by atoms with Crippen LogP contribution in [0.1, 0.15) is 13.8 Å². The number of rotatable bonds is 5. The Hall–Kier alpha value is -0.610. The Morgan fingerprint density at radius 3 is 2.42 bits per heavy atom. The van der Waals surface area contributed by atoms with Crippen molar-refractivity contribution in [3.05, 3.63) is 0 Å². The van der Waals surface area contributed by atoms with Crippen molar-refractivity contribution < 1.29 is 9.90 Å². The van der Waals surface area contributed by atoms with Crippen LogP contribution in [0.5, 0.6) is 0 Å². The molecule has 4 nitrogen and oxygen atoms in total. The third-order valence-corrected chi connectivity index (χ3v) is 1.66. The lowest BCUT2D eigenvalue weighted by Gasteiger charge is -2.27. The zero-order valence-electron chi connectivity index (χ0n) is 8.00. The molecule has 0 aliphatic rings. The molecule has 0 fully saturated rings. The Bertz CT molecular complexity index is 157. The Balaban J connectivity index is 3.83. The van der Waals surface area contributed by atoms with Crippen LogP contribution in [-0.2, 0) is 4.79 Å². The summed E-state index contributed by atoms with van der Waals surface area (Å²) >= 11 is 0. The van der Waals surface area contributed by atoms with Crippen LogP contribution >= 0.6 is 0 Å². The Morgan fingerprint density at radius 1 is 1.58 bits per heavy atom. The molecule has 12 heavy (non-hydrogen) atoms. The van der Waals surface area contributed by atoms with Gasteiger partial charge in [-0.2, -0.15) is 0 Å². The van der Waals surface area contributed by atoms with E-state index < -0.39 is 5.97 Å². The zero-order valence-corrected chi connectivity index (χ0v) is 8.00. The molecule has 0 aromatic rings. The average molecular weight is 174 g/mol. The number of likely N-dealkylation sites (N-methyl/N-ethyl adjacent to an activating group) is 1. The van der Waals surface area contributed by atoms with Crippen LogP contribution in [0.2, 0.25) is 0 Å². The molecule has 0 bridgehead atoms. The minimum absolute atomic E-state index is 0.00972. The van der Waals surface area contributed by atoms with Crippen molar-refractivity contribution >= 4 is 5.97 Å². The third-order valence-electron chi connectivity index (χ3n) is 1.66. The fourth-order valence-electron chi connectivity index (χ4n) is 1.08. The van der Waals surface area contributed by atoms with E-state index in [1.807, 2.05) is 13.8 Å². The smallest absolute Gasteiger partial charge is 0.317 e. The van der Waals surface area contributed by atoms with Gasteiger partial charge >= 0.3 is 5.97 Å². The van der Waals surface area contributed by atoms with Crippen molar-refractivity contribution in [2.24, 2.45) is 11.1 Å². The van der Waals surface area contributed by atoms with Gasteiger partial charge in [-0.1, -0.05) is 13.8 Å². The van der Waals surface area contributed by atoms with E-state index >= 15 is 0 Å². The normalized spacial score (nSPS) is 12.1. The molecule has 0 saturated carbocycles. The van der Waals surface area contributed by atoms with Crippen LogP contribution in [-0.4, -0.2) is 42.7 Å². The maximum Gasteiger partial charge on any atom is 0.317 e. The second-order valence-corrected chi connectivity index (χ2v) is 3.93. The number of aliphatic carboxylic acids is 1. The summed E-state index contributed by atoms with van der Waals surface area (Å²) in [4.78, 5) is 12.1. The predicted molar refractivity (Wildman–Crippen MR) is 48.0 cm³/mol. The summed E-state index contributed by atoms with van der Waals surface area (Å²) in [5, 5.41) is 8.48. The molecule has 0 heterocycles. The maximum atomic E-state index is 10.3. The molecule has 4 heteroatoms. The van der Waals surface area contributed by atoms with Gasteiger partial charge in [0.25, 0.3) is 0 Å². The molecule has 0 aliphatic heterocycles. The van der Waals surface area contributed by atoms with Crippen LogP contribution < -0.4 is 5.73 Å². The summed E-state index contributed by atoms with van der Waals surface area (Å²) in [7, 11) is 1.78. The topological polar surface area (TPSA) is 66.6 Å². The van der Waals surface area contributed by atoms with Crippen LogP contribution in [0.15, 0.2) is 0 Å². The van der Waals surface area contributed by atoms with Gasteiger partial charge < -0.3 is 10.8 Å². The molecule has 0 amide bonds. The first kappa shape index (κ1) is 11.4. The molecule has 0 rings (SSSR count). The first-order valence-electron chi connectivity index (χ1n) is 3.98.